The van der Waals surface area contributed by atoms with Crippen LogP contribution in [0.1, 0.15) is 47.5 Å². The summed E-state index contributed by atoms with van der Waals surface area (Å²) in [6.45, 7) is 9.48. The maximum Gasteiger partial charge on any atom is 0.328 e. The van der Waals surface area contributed by atoms with Crippen LogP contribution < -0.4 is 0 Å². The van der Waals surface area contributed by atoms with Gasteiger partial charge >= 0.3 is 5.97 Å². The standard InChI is InChI=1S/C22H32O4/c1-17(2)13-14-20(23)19(4)11-9-10-18(3)16-22(5,26)15-8-6-7-12-21(24)25/h6-13,16,20,23,26H,14-15H2,1-5H3,(H,24,25)/b8-6+,10-9+,12-7+,18-16+,19-11+/t20-,22+/m0/s1. The van der Waals surface area contributed by atoms with Gasteiger partial charge in [-0.05, 0) is 53.0 Å². The van der Waals surface area contributed by atoms with Crippen LogP contribution in [-0.4, -0.2) is 33.0 Å². The van der Waals surface area contributed by atoms with Crippen LogP contribution in [0.2, 0.25) is 0 Å². The molecule has 0 aliphatic carbocycles. The van der Waals surface area contributed by atoms with E-state index < -0.39 is 17.7 Å². The van der Waals surface area contributed by atoms with E-state index in [9.17, 15) is 15.0 Å². The molecule has 4 heteroatoms. The van der Waals surface area contributed by atoms with Crippen LogP contribution >= 0.6 is 0 Å². The molecule has 26 heavy (non-hydrogen) atoms. The van der Waals surface area contributed by atoms with E-state index in [2.05, 4.69) is 0 Å². The first kappa shape index (κ1) is 23.8. The van der Waals surface area contributed by atoms with Crippen LogP contribution in [0.3, 0.4) is 0 Å². The average Bonchev–Trinajstić information content (AvgIpc) is 2.50. The Hall–Kier alpha value is -2.17. The summed E-state index contributed by atoms with van der Waals surface area (Å²) in [5, 5.41) is 28.9. The SMILES string of the molecule is CC(C)=CC[C@H](O)/C(C)=C/C=C/C(C)=C/[C@](C)(O)C/C=C/C=C/C(=O)O. The van der Waals surface area contributed by atoms with E-state index in [1.165, 1.54) is 11.6 Å². The highest BCUT2D eigenvalue weighted by Gasteiger charge is 2.14. The van der Waals surface area contributed by atoms with Crippen molar-refractivity contribution < 1.29 is 20.1 Å². The Morgan fingerprint density at radius 3 is 2.31 bits per heavy atom. The number of carboxylic acid groups (broad SMARTS) is 1. The van der Waals surface area contributed by atoms with Crippen molar-refractivity contribution in [3.63, 3.8) is 0 Å². The molecule has 0 heterocycles. The summed E-state index contributed by atoms with van der Waals surface area (Å²) < 4.78 is 0. The first-order chi connectivity index (χ1) is 12.0. The van der Waals surface area contributed by atoms with E-state index in [4.69, 9.17) is 5.11 Å². The van der Waals surface area contributed by atoms with Crippen LogP contribution in [0.25, 0.3) is 0 Å². The second kappa shape index (κ2) is 12.2. The third-order valence-electron chi connectivity index (χ3n) is 3.55. The summed E-state index contributed by atoms with van der Waals surface area (Å²) >= 11 is 0. The number of hydrogen-bond acceptors (Lipinski definition) is 3. The first-order valence-corrected chi connectivity index (χ1v) is 8.68. The van der Waals surface area contributed by atoms with Gasteiger partial charge in [-0.1, -0.05) is 59.8 Å². The molecule has 4 nitrogen and oxygen atoms in total. The van der Waals surface area contributed by atoms with Gasteiger partial charge < -0.3 is 15.3 Å². The number of carbonyl (C=O) groups is 1. The topological polar surface area (TPSA) is 77.8 Å². The van der Waals surface area contributed by atoms with Crippen LogP contribution in [-0.2, 0) is 4.79 Å². The van der Waals surface area contributed by atoms with Gasteiger partial charge in [-0.25, -0.2) is 4.79 Å². The number of rotatable bonds is 10. The maximum atomic E-state index is 10.4. The van der Waals surface area contributed by atoms with Gasteiger partial charge in [0.25, 0.3) is 0 Å². The Morgan fingerprint density at radius 2 is 1.73 bits per heavy atom. The summed E-state index contributed by atoms with van der Waals surface area (Å²) in [6, 6.07) is 0. The van der Waals surface area contributed by atoms with Crippen molar-refractivity contribution in [3.05, 3.63) is 71.4 Å². The van der Waals surface area contributed by atoms with Crippen molar-refractivity contribution in [2.75, 3.05) is 0 Å². The molecule has 0 saturated carbocycles. The third kappa shape index (κ3) is 13.2. The highest BCUT2D eigenvalue weighted by Crippen LogP contribution is 2.15. The molecular formula is C22H32O4. The number of aliphatic hydroxyl groups is 2. The van der Waals surface area contributed by atoms with Crippen molar-refractivity contribution in [1.29, 1.82) is 0 Å². The molecular weight excluding hydrogens is 328 g/mol. The van der Waals surface area contributed by atoms with Gasteiger partial charge in [0, 0.05) is 6.08 Å². The van der Waals surface area contributed by atoms with Gasteiger partial charge in [0.15, 0.2) is 0 Å². The fourth-order valence-electron chi connectivity index (χ4n) is 2.12. The number of hydrogen-bond donors (Lipinski definition) is 3. The lowest BCUT2D eigenvalue weighted by Gasteiger charge is -2.17. The van der Waals surface area contributed by atoms with Crippen molar-refractivity contribution in [3.8, 4) is 0 Å². The van der Waals surface area contributed by atoms with Crippen LogP contribution in [0.15, 0.2) is 71.4 Å². The fourth-order valence-corrected chi connectivity index (χ4v) is 2.12. The number of carboxylic acids is 1. The summed E-state index contributed by atoms with van der Waals surface area (Å²) in [4.78, 5) is 10.4. The lowest BCUT2D eigenvalue weighted by Crippen LogP contribution is -2.19. The van der Waals surface area contributed by atoms with Gasteiger partial charge in [0.1, 0.15) is 0 Å². The van der Waals surface area contributed by atoms with Gasteiger partial charge in [-0.15, -0.1) is 0 Å². The van der Waals surface area contributed by atoms with Crippen LogP contribution in [0, 0.1) is 0 Å². The molecule has 0 aromatic heterocycles. The van der Waals surface area contributed by atoms with E-state index in [1.807, 2.05) is 52.0 Å². The van der Waals surface area contributed by atoms with Crippen LogP contribution in [0.4, 0.5) is 0 Å². The third-order valence-corrected chi connectivity index (χ3v) is 3.55. The Bertz CT molecular complexity index is 625. The molecule has 144 valence electrons. The maximum absolute atomic E-state index is 10.4. The highest BCUT2D eigenvalue weighted by atomic mass is 16.4. The van der Waals surface area contributed by atoms with E-state index in [0.29, 0.717) is 12.8 Å². The molecule has 0 saturated heterocycles. The van der Waals surface area contributed by atoms with E-state index in [1.54, 1.807) is 25.2 Å². The number of aliphatic hydroxyl groups excluding tert-OH is 1. The quantitative estimate of drug-likeness (QED) is 0.305. The number of allylic oxidation sites excluding steroid dienone is 7. The zero-order chi connectivity index (χ0) is 20.2. The molecule has 0 aliphatic heterocycles. The van der Waals surface area contributed by atoms with Gasteiger partial charge in [0.05, 0.1) is 11.7 Å². The lowest BCUT2D eigenvalue weighted by atomic mass is 9.98. The average molecular weight is 360 g/mol. The zero-order valence-corrected chi connectivity index (χ0v) is 16.4. The molecule has 0 fully saturated rings. The molecule has 0 aromatic rings. The van der Waals surface area contributed by atoms with E-state index in [0.717, 1.165) is 17.2 Å². The van der Waals surface area contributed by atoms with Gasteiger partial charge in [-0.2, -0.15) is 0 Å². The second-order valence-electron chi connectivity index (χ2n) is 6.88. The summed E-state index contributed by atoms with van der Waals surface area (Å²) in [5.74, 6) is -1.00. The van der Waals surface area contributed by atoms with Gasteiger partial charge in [-0.3, -0.25) is 0 Å². The van der Waals surface area contributed by atoms with Gasteiger partial charge in [0.2, 0.25) is 0 Å². The summed E-state index contributed by atoms with van der Waals surface area (Å²) in [6.07, 6.45) is 15.6. The van der Waals surface area contributed by atoms with Crippen molar-refractivity contribution in [1.82, 2.24) is 0 Å². The molecule has 0 radical (unpaired) electrons. The van der Waals surface area contributed by atoms with Crippen molar-refractivity contribution in [2.45, 2.75) is 59.2 Å². The number of aliphatic carboxylic acids is 1. The summed E-state index contributed by atoms with van der Waals surface area (Å²) in [7, 11) is 0. The second-order valence-corrected chi connectivity index (χ2v) is 6.88. The first-order valence-electron chi connectivity index (χ1n) is 8.68. The van der Waals surface area contributed by atoms with E-state index in [-0.39, 0.29) is 0 Å². The molecule has 0 unspecified atom stereocenters. The Labute approximate surface area is 157 Å². The highest BCUT2D eigenvalue weighted by molar-refractivity contribution is 5.80. The fraction of sp³-hybridized carbons (Fsp3) is 0.409. The molecule has 0 bridgehead atoms. The Morgan fingerprint density at radius 1 is 1.08 bits per heavy atom. The van der Waals surface area contributed by atoms with Crippen LogP contribution in [0.5, 0.6) is 0 Å². The minimum absolute atomic E-state index is 0.373. The lowest BCUT2D eigenvalue weighted by molar-refractivity contribution is -0.131. The minimum atomic E-state index is -1.02. The summed E-state index contributed by atoms with van der Waals surface area (Å²) in [5.41, 5.74) is 1.93. The molecule has 0 spiro atoms. The largest absolute Gasteiger partial charge is 0.478 e. The molecule has 0 amide bonds. The van der Waals surface area contributed by atoms with Crippen molar-refractivity contribution >= 4 is 5.97 Å². The monoisotopic (exact) mass is 360 g/mol. The molecule has 0 aromatic carbocycles. The van der Waals surface area contributed by atoms with Crippen molar-refractivity contribution in [2.24, 2.45) is 0 Å². The predicted molar refractivity (Wildman–Crippen MR) is 108 cm³/mol. The van der Waals surface area contributed by atoms with E-state index >= 15 is 0 Å². The molecule has 3 N–H and O–H groups in total. The normalized spacial score (nSPS) is 17.0. The molecule has 0 aliphatic rings. The smallest absolute Gasteiger partial charge is 0.328 e. The molecule has 0 rings (SSSR count). The Balaban J connectivity index is 4.73. The predicted octanol–water partition coefficient (Wildman–Crippen LogP) is 4.49. The minimum Gasteiger partial charge on any atom is -0.478 e. The zero-order valence-electron chi connectivity index (χ0n) is 16.4. The Kier molecular flexibility index (Phi) is 11.2. The molecule has 2 atom stereocenters.